The molecule has 3 heteroatoms. The Bertz CT molecular complexity index is 284. The lowest BCUT2D eigenvalue weighted by Crippen LogP contribution is -1.86. The third-order valence-electron chi connectivity index (χ3n) is 1.48. The Morgan fingerprint density at radius 1 is 1.25 bits per heavy atom. The molecule has 0 nitrogen and oxygen atoms in total. The fraction of sp³-hybridized carbons (Fsp3) is 0.111. The molecule has 0 aliphatic heterocycles. The predicted molar refractivity (Wildman–Crippen MR) is 56.2 cm³/mol. The molecule has 0 aromatic heterocycles. The van der Waals surface area contributed by atoms with Gasteiger partial charge in [0.05, 0.1) is 0 Å². The van der Waals surface area contributed by atoms with Crippen LogP contribution in [0.3, 0.4) is 0 Å². The molecule has 12 heavy (non-hydrogen) atoms. The van der Waals surface area contributed by atoms with Gasteiger partial charge in [0.1, 0.15) is 0 Å². The largest absolute Gasteiger partial charge is 0.122 e. The van der Waals surface area contributed by atoms with Crippen molar-refractivity contribution in [2.45, 2.75) is 0 Å². The zero-order valence-corrected chi connectivity index (χ0v) is 8.55. The number of alkyl halides is 1. The van der Waals surface area contributed by atoms with Crippen molar-refractivity contribution in [1.29, 1.82) is 0 Å². The highest BCUT2D eigenvalue weighted by atomic mass is 35.5. The first-order valence-electron chi connectivity index (χ1n) is 3.35. The van der Waals surface area contributed by atoms with Crippen molar-refractivity contribution in [2.24, 2.45) is 0 Å². The normalized spacial score (nSPS) is 9.92. The minimum Gasteiger partial charge on any atom is -0.122 e. The number of halogens is 3. The molecule has 64 valence electrons. The first-order chi connectivity index (χ1) is 5.66. The summed E-state index contributed by atoms with van der Waals surface area (Å²) in [5, 5.41) is 1.18. The molecule has 0 N–H and O–H groups in total. The Morgan fingerprint density at radius 3 is 2.17 bits per heavy atom. The summed E-state index contributed by atoms with van der Waals surface area (Å²) in [5.41, 5.74) is 1.49. The second-order valence-corrected chi connectivity index (χ2v) is 3.42. The number of benzene rings is 1. The molecule has 1 aromatic carbocycles. The van der Waals surface area contributed by atoms with Gasteiger partial charge in [-0.2, -0.15) is 0 Å². The molecule has 0 amide bonds. The highest BCUT2D eigenvalue weighted by molar-refractivity contribution is 6.38. The van der Waals surface area contributed by atoms with Crippen LogP contribution in [-0.4, -0.2) is 5.88 Å². The molecule has 1 rings (SSSR count). The molecule has 1 aromatic rings. The third kappa shape index (κ3) is 1.95. The van der Waals surface area contributed by atoms with Crippen LogP contribution in [0, 0.1) is 0 Å². The Balaban J connectivity index is 3.21. The molecular formula is C9H7Cl3. The van der Waals surface area contributed by atoms with Gasteiger partial charge in [0, 0.05) is 21.5 Å². The molecule has 0 saturated carbocycles. The van der Waals surface area contributed by atoms with Crippen LogP contribution >= 0.6 is 34.8 Å². The van der Waals surface area contributed by atoms with Crippen LogP contribution in [0.25, 0.3) is 5.57 Å². The fourth-order valence-electron chi connectivity index (χ4n) is 0.902. The molecular weight excluding hydrogens is 214 g/mol. The molecule has 0 atom stereocenters. The minimum absolute atomic E-state index is 0.337. The predicted octanol–water partition coefficient (Wildman–Crippen LogP) is 4.25. The van der Waals surface area contributed by atoms with E-state index in [-0.39, 0.29) is 0 Å². The Hall–Kier alpha value is -0.170. The van der Waals surface area contributed by atoms with Crippen LogP contribution in [0.2, 0.25) is 10.0 Å². The van der Waals surface area contributed by atoms with Gasteiger partial charge in [-0.1, -0.05) is 35.8 Å². The summed E-state index contributed by atoms with van der Waals surface area (Å²) in [6, 6.07) is 5.32. The van der Waals surface area contributed by atoms with Crippen LogP contribution in [0.5, 0.6) is 0 Å². The van der Waals surface area contributed by atoms with Gasteiger partial charge >= 0.3 is 0 Å². The molecule has 0 aliphatic carbocycles. The summed E-state index contributed by atoms with van der Waals surface area (Å²) in [7, 11) is 0. The summed E-state index contributed by atoms with van der Waals surface area (Å²) in [5.74, 6) is 0.337. The standard InChI is InChI=1S/C9H7Cl3/c1-6(5-10)9-7(11)3-2-4-8(9)12/h2-4H,1,5H2. The van der Waals surface area contributed by atoms with E-state index in [0.29, 0.717) is 15.9 Å². The summed E-state index contributed by atoms with van der Waals surface area (Å²) in [4.78, 5) is 0. The lowest BCUT2D eigenvalue weighted by atomic mass is 10.1. The molecule has 0 heterocycles. The molecule has 0 aliphatic rings. The van der Waals surface area contributed by atoms with Gasteiger partial charge < -0.3 is 0 Å². The van der Waals surface area contributed by atoms with Gasteiger partial charge in [0.25, 0.3) is 0 Å². The highest BCUT2D eigenvalue weighted by Crippen LogP contribution is 2.30. The highest BCUT2D eigenvalue weighted by Gasteiger charge is 2.07. The van der Waals surface area contributed by atoms with E-state index in [1.807, 2.05) is 0 Å². The quantitative estimate of drug-likeness (QED) is 0.655. The zero-order valence-electron chi connectivity index (χ0n) is 6.28. The second-order valence-electron chi connectivity index (χ2n) is 2.33. The van der Waals surface area contributed by atoms with Crippen LogP contribution in [0.15, 0.2) is 24.8 Å². The first-order valence-corrected chi connectivity index (χ1v) is 4.64. The van der Waals surface area contributed by atoms with Crippen LogP contribution in [-0.2, 0) is 0 Å². The van der Waals surface area contributed by atoms with Crippen molar-refractivity contribution in [1.82, 2.24) is 0 Å². The van der Waals surface area contributed by atoms with Crippen molar-refractivity contribution in [3.8, 4) is 0 Å². The van der Waals surface area contributed by atoms with Gasteiger partial charge in [0.2, 0.25) is 0 Å². The van der Waals surface area contributed by atoms with E-state index in [2.05, 4.69) is 6.58 Å². The number of allylic oxidation sites excluding steroid dienone is 1. The second kappa shape index (κ2) is 4.18. The van der Waals surface area contributed by atoms with Crippen molar-refractivity contribution >= 4 is 40.4 Å². The van der Waals surface area contributed by atoms with E-state index in [0.717, 1.165) is 11.1 Å². The summed E-state index contributed by atoms with van der Waals surface area (Å²) >= 11 is 17.4. The molecule has 0 saturated heterocycles. The maximum Gasteiger partial charge on any atom is 0.0496 e. The summed E-state index contributed by atoms with van der Waals surface area (Å²) in [6.07, 6.45) is 0. The number of hydrogen-bond acceptors (Lipinski definition) is 0. The number of hydrogen-bond donors (Lipinski definition) is 0. The average molecular weight is 222 g/mol. The van der Waals surface area contributed by atoms with Crippen molar-refractivity contribution in [2.75, 3.05) is 5.88 Å². The Labute approximate surface area is 86.7 Å². The molecule has 0 bridgehead atoms. The van der Waals surface area contributed by atoms with E-state index in [1.54, 1.807) is 18.2 Å². The van der Waals surface area contributed by atoms with Gasteiger partial charge in [-0.15, -0.1) is 11.6 Å². The average Bonchev–Trinajstić information content (AvgIpc) is 2.03. The maximum absolute atomic E-state index is 5.90. The SMILES string of the molecule is C=C(CCl)c1c(Cl)cccc1Cl. The fourth-order valence-corrected chi connectivity index (χ4v) is 1.70. The van der Waals surface area contributed by atoms with Crippen molar-refractivity contribution in [3.63, 3.8) is 0 Å². The van der Waals surface area contributed by atoms with Gasteiger partial charge in [0.15, 0.2) is 0 Å². The van der Waals surface area contributed by atoms with E-state index >= 15 is 0 Å². The molecule has 0 unspecified atom stereocenters. The lowest BCUT2D eigenvalue weighted by molar-refractivity contribution is 1.58. The Morgan fingerprint density at radius 2 is 1.75 bits per heavy atom. The maximum atomic E-state index is 5.90. The minimum atomic E-state index is 0.337. The Kier molecular flexibility index (Phi) is 3.45. The van der Waals surface area contributed by atoms with E-state index in [1.165, 1.54) is 0 Å². The summed E-state index contributed by atoms with van der Waals surface area (Å²) < 4.78 is 0. The summed E-state index contributed by atoms with van der Waals surface area (Å²) in [6.45, 7) is 3.76. The monoisotopic (exact) mass is 220 g/mol. The van der Waals surface area contributed by atoms with E-state index in [9.17, 15) is 0 Å². The molecule has 0 radical (unpaired) electrons. The van der Waals surface area contributed by atoms with Crippen LogP contribution in [0.1, 0.15) is 5.56 Å². The molecule has 0 fully saturated rings. The van der Waals surface area contributed by atoms with Gasteiger partial charge in [-0.3, -0.25) is 0 Å². The molecule has 0 spiro atoms. The van der Waals surface area contributed by atoms with Crippen LogP contribution in [0.4, 0.5) is 0 Å². The smallest absolute Gasteiger partial charge is 0.0496 e. The van der Waals surface area contributed by atoms with E-state index in [4.69, 9.17) is 34.8 Å². The van der Waals surface area contributed by atoms with Crippen molar-refractivity contribution < 1.29 is 0 Å². The topological polar surface area (TPSA) is 0 Å². The zero-order chi connectivity index (χ0) is 9.14. The van der Waals surface area contributed by atoms with E-state index < -0.39 is 0 Å². The number of rotatable bonds is 2. The first kappa shape index (κ1) is 9.91. The lowest BCUT2D eigenvalue weighted by Gasteiger charge is -2.06. The van der Waals surface area contributed by atoms with Crippen LogP contribution < -0.4 is 0 Å². The third-order valence-corrected chi connectivity index (χ3v) is 2.43. The van der Waals surface area contributed by atoms with Gasteiger partial charge in [-0.25, -0.2) is 0 Å². The van der Waals surface area contributed by atoms with Crippen molar-refractivity contribution in [3.05, 3.63) is 40.4 Å². The van der Waals surface area contributed by atoms with Gasteiger partial charge in [-0.05, 0) is 17.7 Å².